The highest BCUT2D eigenvalue weighted by molar-refractivity contribution is 7.91. The van der Waals surface area contributed by atoms with E-state index in [-0.39, 0.29) is 36.7 Å². The summed E-state index contributed by atoms with van der Waals surface area (Å²) >= 11 is 5.99. The Morgan fingerprint density at radius 3 is 2.10 bits per heavy atom. The van der Waals surface area contributed by atoms with Crippen LogP contribution in [0.3, 0.4) is 0 Å². The van der Waals surface area contributed by atoms with Crippen molar-refractivity contribution < 1.29 is 31.2 Å². The number of aryl methyl sites for hydroxylation is 1. The molecule has 1 saturated heterocycles. The van der Waals surface area contributed by atoms with Crippen LogP contribution in [0.2, 0.25) is 5.02 Å². The van der Waals surface area contributed by atoms with Crippen molar-refractivity contribution in [2.45, 2.75) is 45.2 Å². The standard InChI is InChI=1S/C14H15F3N2O4S.C10H11Cl.C4H11N/c15-14(16,17)11-3-1-10(2-4-11)13(21)18-9-12(20)19-5-7-24(22,23)8-6-19;1-7-2-3-9(6-10(7)11)8-4-5-8;1-3-4-5-2/h1-4H,5-9H2,(H,18,21);2-3,6,8H,4-5H2,1H3;5H,3-4H2,1-2H3. The Labute approximate surface area is 239 Å². The second kappa shape index (κ2) is 15.4. The highest BCUT2D eigenvalue weighted by atomic mass is 35.5. The third-order valence-corrected chi connectivity index (χ3v) is 8.33. The van der Waals surface area contributed by atoms with Crippen molar-refractivity contribution in [1.29, 1.82) is 0 Å². The van der Waals surface area contributed by atoms with Crippen molar-refractivity contribution in [2.24, 2.45) is 0 Å². The topological polar surface area (TPSA) is 95.6 Å². The van der Waals surface area contributed by atoms with Crippen LogP contribution in [0.15, 0.2) is 42.5 Å². The number of hydrogen-bond acceptors (Lipinski definition) is 5. The van der Waals surface area contributed by atoms with Gasteiger partial charge in [-0.2, -0.15) is 13.2 Å². The molecule has 7 nitrogen and oxygen atoms in total. The first-order valence-corrected chi connectivity index (χ1v) is 15.3. The lowest BCUT2D eigenvalue weighted by Crippen LogP contribution is -2.47. The fraction of sp³-hybridized carbons (Fsp3) is 0.500. The van der Waals surface area contributed by atoms with Crippen LogP contribution < -0.4 is 10.6 Å². The van der Waals surface area contributed by atoms with Crippen LogP contribution in [0, 0.1) is 6.92 Å². The molecule has 12 heteroatoms. The van der Waals surface area contributed by atoms with E-state index in [0.717, 1.165) is 41.8 Å². The number of sulfone groups is 1. The van der Waals surface area contributed by atoms with Crippen LogP contribution in [0.5, 0.6) is 0 Å². The molecule has 2 aliphatic rings. The van der Waals surface area contributed by atoms with E-state index < -0.39 is 33.4 Å². The Morgan fingerprint density at radius 2 is 1.65 bits per heavy atom. The van der Waals surface area contributed by atoms with Crippen LogP contribution in [0.4, 0.5) is 13.2 Å². The van der Waals surface area contributed by atoms with E-state index in [1.165, 1.54) is 35.3 Å². The number of alkyl halides is 3. The third-order valence-electron chi connectivity index (χ3n) is 6.32. The molecular formula is C28H37ClF3N3O4S. The van der Waals surface area contributed by atoms with Gasteiger partial charge < -0.3 is 15.5 Å². The first-order chi connectivity index (χ1) is 18.8. The summed E-state index contributed by atoms with van der Waals surface area (Å²) in [5.74, 6) is -0.544. The van der Waals surface area contributed by atoms with E-state index in [4.69, 9.17) is 11.6 Å². The van der Waals surface area contributed by atoms with Gasteiger partial charge in [-0.05, 0) is 87.2 Å². The van der Waals surface area contributed by atoms with Crippen LogP contribution in [-0.4, -0.2) is 69.9 Å². The summed E-state index contributed by atoms with van der Waals surface area (Å²) in [4.78, 5) is 25.1. The van der Waals surface area contributed by atoms with Gasteiger partial charge in [0.15, 0.2) is 9.84 Å². The lowest BCUT2D eigenvalue weighted by atomic mass is 10.1. The Balaban J connectivity index is 0.000000286. The number of carbonyl (C=O) groups is 2. The molecule has 0 spiro atoms. The van der Waals surface area contributed by atoms with Gasteiger partial charge in [0.1, 0.15) is 0 Å². The van der Waals surface area contributed by atoms with Crippen LogP contribution in [0.1, 0.15) is 59.2 Å². The predicted octanol–water partition coefficient (Wildman–Crippen LogP) is 4.83. The van der Waals surface area contributed by atoms with Crippen molar-refractivity contribution in [3.05, 3.63) is 69.7 Å². The summed E-state index contributed by atoms with van der Waals surface area (Å²) in [6.45, 7) is 5.12. The molecule has 0 atom stereocenters. The van der Waals surface area contributed by atoms with Gasteiger partial charge in [-0.15, -0.1) is 0 Å². The highest BCUT2D eigenvalue weighted by Crippen LogP contribution is 2.41. The van der Waals surface area contributed by atoms with Gasteiger partial charge in [-0.3, -0.25) is 9.59 Å². The molecule has 0 radical (unpaired) electrons. The number of nitrogens with one attached hydrogen (secondary N) is 2. The van der Waals surface area contributed by atoms with Crippen molar-refractivity contribution >= 4 is 33.3 Å². The summed E-state index contributed by atoms with van der Waals surface area (Å²) in [7, 11) is -1.15. The van der Waals surface area contributed by atoms with E-state index in [9.17, 15) is 31.2 Å². The fourth-order valence-corrected chi connectivity index (χ4v) is 5.06. The Morgan fingerprint density at radius 1 is 1.05 bits per heavy atom. The highest BCUT2D eigenvalue weighted by Gasteiger charge is 2.30. The maximum atomic E-state index is 12.4. The molecule has 2 aromatic carbocycles. The number of nitrogens with zero attached hydrogens (tertiary/aromatic N) is 1. The average molecular weight is 604 g/mol. The zero-order chi connectivity index (χ0) is 29.9. The normalized spacial score (nSPS) is 16.1. The maximum absolute atomic E-state index is 12.4. The lowest BCUT2D eigenvalue weighted by molar-refractivity contribution is -0.137. The number of amides is 2. The fourth-order valence-electron chi connectivity index (χ4n) is 3.67. The number of hydrogen-bond donors (Lipinski definition) is 2. The van der Waals surface area contributed by atoms with E-state index in [0.29, 0.717) is 0 Å². The number of carbonyl (C=O) groups excluding carboxylic acids is 2. The van der Waals surface area contributed by atoms with E-state index in [2.05, 4.69) is 35.8 Å². The lowest BCUT2D eigenvalue weighted by Gasteiger charge is -2.26. The molecule has 0 bridgehead atoms. The summed E-state index contributed by atoms with van der Waals surface area (Å²) < 4.78 is 59.9. The van der Waals surface area contributed by atoms with Crippen LogP contribution in [-0.2, 0) is 20.8 Å². The molecule has 2 fully saturated rings. The van der Waals surface area contributed by atoms with Gasteiger partial charge in [-0.25, -0.2) is 8.42 Å². The third kappa shape index (κ3) is 11.5. The van der Waals surface area contributed by atoms with Crippen LogP contribution >= 0.6 is 11.6 Å². The van der Waals surface area contributed by atoms with Gasteiger partial charge in [0.2, 0.25) is 5.91 Å². The van der Waals surface area contributed by atoms with Crippen molar-refractivity contribution in [3.8, 4) is 0 Å². The van der Waals surface area contributed by atoms with Gasteiger partial charge >= 0.3 is 6.18 Å². The van der Waals surface area contributed by atoms with E-state index >= 15 is 0 Å². The Hall–Kier alpha value is -2.63. The summed E-state index contributed by atoms with van der Waals surface area (Å²) in [6.07, 6.45) is -0.561. The molecule has 2 amide bonds. The number of benzene rings is 2. The smallest absolute Gasteiger partial charge is 0.343 e. The number of halogens is 4. The SMILES string of the molecule is CCCNC.Cc1ccc(C2CC2)cc1Cl.O=C(NCC(=O)N1CCS(=O)(=O)CC1)c1ccc(C(F)(F)F)cc1. The molecule has 1 aliphatic heterocycles. The molecule has 0 aromatic heterocycles. The Kier molecular flexibility index (Phi) is 12.9. The quantitative estimate of drug-likeness (QED) is 0.493. The van der Waals surface area contributed by atoms with Crippen LogP contribution in [0.25, 0.3) is 0 Å². The molecule has 1 heterocycles. The van der Waals surface area contributed by atoms with Gasteiger partial charge in [-0.1, -0.05) is 30.7 Å². The minimum absolute atomic E-state index is 0.00276. The Bertz CT molecular complexity index is 1220. The molecule has 2 N–H and O–H groups in total. The molecule has 4 rings (SSSR count). The molecule has 1 saturated carbocycles. The molecule has 0 unspecified atom stereocenters. The zero-order valence-electron chi connectivity index (χ0n) is 23.0. The second-order valence-electron chi connectivity index (χ2n) is 9.68. The van der Waals surface area contributed by atoms with E-state index in [1.807, 2.05) is 14.0 Å². The van der Waals surface area contributed by atoms with Crippen molar-refractivity contribution in [1.82, 2.24) is 15.5 Å². The van der Waals surface area contributed by atoms with Crippen molar-refractivity contribution in [2.75, 3.05) is 44.7 Å². The largest absolute Gasteiger partial charge is 0.416 e. The molecule has 2 aromatic rings. The van der Waals surface area contributed by atoms with Gasteiger partial charge in [0.25, 0.3) is 5.91 Å². The first kappa shape index (κ1) is 33.6. The maximum Gasteiger partial charge on any atom is 0.416 e. The minimum Gasteiger partial charge on any atom is -0.343 e. The number of rotatable bonds is 6. The molecule has 222 valence electrons. The van der Waals surface area contributed by atoms with Crippen molar-refractivity contribution in [3.63, 3.8) is 0 Å². The van der Waals surface area contributed by atoms with Gasteiger partial charge in [0, 0.05) is 23.7 Å². The summed E-state index contributed by atoms with van der Waals surface area (Å²) in [6, 6.07) is 10.0. The molecule has 1 aliphatic carbocycles. The first-order valence-electron chi connectivity index (χ1n) is 13.1. The van der Waals surface area contributed by atoms with E-state index in [1.54, 1.807) is 0 Å². The minimum atomic E-state index is -4.49. The monoisotopic (exact) mass is 603 g/mol. The second-order valence-corrected chi connectivity index (χ2v) is 12.4. The van der Waals surface area contributed by atoms with Gasteiger partial charge in [0.05, 0.1) is 23.6 Å². The predicted molar refractivity (Wildman–Crippen MR) is 151 cm³/mol. The zero-order valence-corrected chi connectivity index (χ0v) is 24.6. The molecular weight excluding hydrogens is 567 g/mol. The summed E-state index contributed by atoms with van der Waals surface area (Å²) in [5, 5.41) is 6.24. The molecule has 40 heavy (non-hydrogen) atoms. The average Bonchev–Trinajstić information content (AvgIpc) is 3.75. The summed E-state index contributed by atoms with van der Waals surface area (Å²) in [5.41, 5.74) is 1.72.